The molecule has 0 aliphatic carbocycles. The van der Waals surface area contributed by atoms with Crippen molar-refractivity contribution >= 4 is 23.4 Å². The number of hydrogen-bond donors (Lipinski definition) is 4. The van der Waals surface area contributed by atoms with Crippen LogP contribution in [0.25, 0.3) is 0 Å². The van der Waals surface area contributed by atoms with Gasteiger partial charge in [0.05, 0.1) is 6.54 Å². The third kappa shape index (κ3) is 4.79. The second kappa shape index (κ2) is 7.65. The van der Waals surface area contributed by atoms with E-state index in [0.717, 1.165) is 12.8 Å². The topological polar surface area (TPSA) is 113 Å². The number of nitrogens with two attached hydrogens (primary N) is 1. The maximum absolute atomic E-state index is 12.3. The molecule has 3 amide bonds. The molecule has 0 saturated carbocycles. The van der Waals surface area contributed by atoms with Crippen LogP contribution in [0.15, 0.2) is 24.3 Å². The van der Waals surface area contributed by atoms with Crippen molar-refractivity contribution in [3.63, 3.8) is 0 Å². The number of carbonyl (C=O) groups excluding carboxylic acids is 3. The van der Waals surface area contributed by atoms with Crippen molar-refractivity contribution in [1.29, 1.82) is 0 Å². The molecule has 5 N–H and O–H groups in total. The van der Waals surface area contributed by atoms with Crippen LogP contribution < -0.4 is 21.7 Å². The lowest BCUT2D eigenvalue weighted by Gasteiger charge is -2.28. The zero-order valence-corrected chi connectivity index (χ0v) is 14.1. The fraction of sp³-hybridized carbons (Fsp3) is 0.500. The van der Waals surface area contributed by atoms with E-state index >= 15 is 0 Å². The van der Waals surface area contributed by atoms with Gasteiger partial charge >= 0.3 is 0 Å². The Balaban J connectivity index is 1.53. The van der Waals surface area contributed by atoms with E-state index in [-0.39, 0.29) is 12.5 Å². The first-order valence-corrected chi connectivity index (χ1v) is 8.72. The Hall–Kier alpha value is -2.41. The molecule has 7 heteroatoms. The zero-order valence-electron chi connectivity index (χ0n) is 14.1. The SMILES string of the molecule is NC(=O)CNC(=O)c1cccc(NC(=O)CC2CC3CCC(C2)N3)c1. The average molecular weight is 344 g/mol. The van der Waals surface area contributed by atoms with Gasteiger partial charge in [0.15, 0.2) is 0 Å². The maximum Gasteiger partial charge on any atom is 0.251 e. The summed E-state index contributed by atoms with van der Waals surface area (Å²) < 4.78 is 0. The van der Waals surface area contributed by atoms with Gasteiger partial charge in [0.1, 0.15) is 0 Å². The molecule has 1 aromatic rings. The minimum Gasteiger partial charge on any atom is -0.368 e. The fourth-order valence-electron chi connectivity index (χ4n) is 3.82. The van der Waals surface area contributed by atoms with Gasteiger partial charge in [-0.15, -0.1) is 0 Å². The number of rotatable bonds is 6. The maximum atomic E-state index is 12.3. The van der Waals surface area contributed by atoms with E-state index in [4.69, 9.17) is 5.73 Å². The highest BCUT2D eigenvalue weighted by molar-refractivity contribution is 5.98. The van der Waals surface area contributed by atoms with E-state index in [9.17, 15) is 14.4 Å². The Labute approximate surface area is 146 Å². The van der Waals surface area contributed by atoms with Crippen molar-refractivity contribution in [2.75, 3.05) is 11.9 Å². The molecule has 7 nitrogen and oxygen atoms in total. The predicted molar refractivity (Wildman–Crippen MR) is 93.9 cm³/mol. The van der Waals surface area contributed by atoms with E-state index in [1.165, 1.54) is 12.8 Å². The monoisotopic (exact) mass is 344 g/mol. The molecule has 2 atom stereocenters. The van der Waals surface area contributed by atoms with Crippen molar-refractivity contribution in [1.82, 2.24) is 10.6 Å². The molecule has 2 heterocycles. The molecule has 2 fully saturated rings. The largest absolute Gasteiger partial charge is 0.368 e. The average Bonchev–Trinajstić information content (AvgIpc) is 2.91. The lowest BCUT2D eigenvalue weighted by Crippen LogP contribution is -2.39. The highest BCUT2D eigenvalue weighted by Crippen LogP contribution is 2.32. The number of primary amides is 1. The summed E-state index contributed by atoms with van der Waals surface area (Å²) in [6, 6.07) is 7.79. The second-order valence-electron chi connectivity index (χ2n) is 6.96. The third-order valence-corrected chi connectivity index (χ3v) is 4.88. The van der Waals surface area contributed by atoms with Gasteiger partial charge in [0, 0.05) is 29.8 Å². The number of fused-ring (bicyclic) bond motifs is 2. The molecule has 2 aliphatic heterocycles. The van der Waals surface area contributed by atoms with Gasteiger partial charge in [-0.1, -0.05) is 6.07 Å². The first-order valence-electron chi connectivity index (χ1n) is 8.72. The number of nitrogens with one attached hydrogen (secondary N) is 3. The number of carbonyl (C=O) groups is 3. The quantitative estimate of drug-likeness (QED) is 0.610. The summed E-state index contributed by atoms with van der Waals surface area (Å²) in [6.07, 6.45) is 5.04. The van der Waals surface area contributed by atoms with Crippen molar-refractivity contribution in [3.05, 3.63) is 29.8 Å². The van der Waals surface area contributed by atoms with Gasteiger partial charge in [-0.2, -0.15) is 0 Å². The minimum absolute atomic E-state index is 0.0269. The number of hydrogen-bond acceptors (Lipinski definition) is 4. The minimum atomic E-state index is -0.603. The van der Waals surface area contributed by atoms with Gasteiger partial charge in [-0.25, -0.2) is 0 Å². The Bertz CT molecular complexity index is 664. The first kappa shape index (κ1) is 17.4. The van der Waals surface area contributed by atoms with Crippen LogP contribution in [0.1, 0.15) is 42.5 Å². The van der Waals surface area contributed by atoms with Crippen LogP contribution in [0.5, 0.6) is 0 Å². The van der Waals surface area contributed by atoms with E-state index in [2.05, 4.69) is 16.0 Å². The van der Waals surface area contributed by atoms with Crippen LogP contribution >= 0.6 is 0 Å². The lowest BCUT2D eigenvalue weighted by atomic mass is 9.89. The summed E-state index contributed by atoms with van der Waals surface area (Å²) in [6.45, 7) is -0.215. The Morgan fingerprint density at radius 3 is 2.56 bits per heavy atom. The van der Waals surface area contributed by atoms with Crippen LogP contribution in [-0.2, 0) is 9.59 Å². The molecule has 0 spiro atoms. The smallest absolute Gasteiger partial charge is 0.251 e. The van der Waals surface area contributed by atoms with Crippen LogP contribution in [0, 0.1) is 5.92 Å². The zero-order chi connectivity index (χ0) is 17.8. The Kier molecular flexibility index (Phi) is 5.33. The van der Waals surface area contributed by atoms with Crippen molar-refractivity contribution in [3.8, 4) is 0 Å². The number of amides is 3. The molecule has 25 heavy (non-hydrogen) atoms. The van der Waals surface area contributed by atoms with Gasteiger partial charge in [-0.05, 0) is 49.8 Å². The van der Waals surface area contributed by atoms with Crippen LogP contribution in [0.4, 0.5) is 5.69 Å². The summed E-state index contributed by atoms with van der Waals surface area (Å²) in [4.78, 5) is 35.0. The predicted octanol–water partition coefficient (Wildman–Crippen LogP) is 0.761. The summed E-state index contributed by atoms with van der Waals surface area (Å²) in [5.74, 6) is -0.611. The van der Waals surface area contributed by atoms with E-state index in [1.807, 2.05) is 0 Å². The van der Waals surface area contributed by atoms with Gasteiger partial charge in [0.25, 0.3) is 5.91 Å². The van der Waals surface area contributed by atoms with E-state index < -0.39 is 11.8 Å². The molecule has 2 bridgehead atoms. The highest BCUT2D eigenvalue weighted by atomic mass is 16.2. The van der Waals surface area contributed by atoms with Gasteiger partial charge < -0.3 is 21.7 Å². The molecule has 134 valence electrons. The summed E-state index contributed by atoms with van der Waals surface area (Å²) in [7, 11) is 0. The fourth-order valence-corrected chi connectivity index (χ4v) is 3.82. The van der Waals surface area contributed by atoms with Gasteiger partial charge in [-0.3, -0.25) is 14.4 Å². The second-order valence-corrected chi connectivity index (χ2v) is 6.96. The Morgan fingerprint density at radius 1 is 1.16 bits per heavy atom. The third-order valence-electron chi connectivity index (χ3n) is 4.88. The van der Waals surface area contributed by atoms with E-state index in [1.54, 1.807) is 24.3 Å². The number of benzene rings is 1. The van der Waals surface area contributed by atoms with Crippen LogP contribution in [0.2, 0.25) is 0 Å². The van der Waals surface area contributed by atoms with Crippen molar-refractivity contribution in [2.24, 2.45) is 11.7 Å². The summed E-state index contributed by atoms with van der Waals surface area (Å²) in [5.41, 5.74) is 5.96. The molecule has 2 unspecified atom stereocenters. The summed E-state index contributed by atoms with van der Waals surface area (Å²) in [5, 5.41) is 8.87. The van der Waals surface area contributed by atoms with E-state index in [0.29, 0.717) is 35.7 Å². The normalized spacial score (nSPS) is 24.6. The van der Waals surface area contributed by atoms with Crippen molar-refractivity contribution < 1.29 is 14.4 Å². The molecule has 2 saturated heterocycles. The molecule has 0 radical (unpaired) electrons. The number of piperidine rings is 1. The molecular formula is C18H24N4O3. The molecule has 1 aromatic carbocycles. The van der Waals surface area contributed by atoms with Crippen molar-refractivity contribution in [2.45, 2.75) is 44.2 Å². The van der Waals surface area contributed by atoms with Gasteiger partial charge in [0.2, 0.25) is 11.8 Å². The molecule has 3 rings (SSSR count). The lowest BCUT2D eigenvalue weighted by molar-refractivity contribution is -0.118. The summed E-state index contributed by atoms with van der Waals surface area (Å²) >= 11 is 0. The van der Waals surface area contributed by atoms with Crippen LogP contribution in [0.3, 0.4) is 0 Å². The first-order chi connectivity index (χ1) is 12.0. The van der Waals surface area contributed by atoms with Crippen LogP contribution in [-0.4, -0.2) is 36.3 Å². The molecule has 0 aromatic heterocycles. The highest BCUT2D eigenvalue weighted by Gasteiger charge is 2.34. The Morgan fingerprint density at radius 2 is 1.88 bits per heavy atom. The molecule has 2 aliphatic rings. The standard InChI is InChI=1S/C18H24N4O3/c19-16(23)10-20-18(25)12-2-1-3-13(9-12)22-17(24)8-11-6-14-4-5-15(7-11)21-14/h1-3,9,11,14-15,21H,4-8,10H2,(H2,19,23)(H,20,25)(H,22,24). The molecular weight excluding hydrogens is 320 g/mol. The number of anilines is 1.